The molecule has 2 aromatic heterocycles. The van der Waals surface area contributed by atoms with Crippen molar-refractivity contribution in [1.29, 1.82) is 5.26 Å². The van der Waals surface area contributed by atoms with E-state index in [-0.39, 0.29) is 0 Å². The van der Waals surface area contributed by atoms with Crippen LogP contribution in [-0.2, 0) is 0 Å². The van der Waals surface area contributed by atoms with Crippen molar-refractivity contribution in [1.82, 2.24) is 15.3 Å². The van der Waals surface area contributed by atoms with Gasteiger partial charge in [0.2, 0.25) is 0 Å². The summed E-state index contributed by atoms with van der Waals surface area (Å²) in [6.07, 6.45) is 5.92. The summed E-state index contributed by atoms with van der Waals surface area (Å²) in [5.41, 5.74) is 2.58. The minimum atomic E-state index is 0.515. The third-order valence-electron chi connectivity index (χ3n) is 3.84. The molecule has 5 nitrogen and oxygen atoms in total. The van der Waals surface area contributed by atoms with Crippen LogP contribution in [0.5, 0.6) is 0 Å². The van der Waals surface area contributed by atoms with Crippen LogP contribution in [-0.4, -0.2) is 36.1 Å². The molecule has 0 amide bonds. The molecule has 3 heterocycles. The minimum Gasteiger partial charge on any atom is -0.369 e. The summed E-state index contributed by atoms with van der Waals surface area (Å²) in [5, 5.41) is 13.5. The molecule has 0 bridgehead atoms. The lowest BCUT2D eigenvalue weighted by Crippen LogP contribution is -2.44. The Bertz CT molecular complexity index is 624. The average Bonchev–Trinajstić information content (AvgIpc) is 2.90. The highest BCUT2D eigenvalue weighted by Gasteiger charge is 2.21. The quantitative estimate of drug-likeness (QED) is 0.855. The van der Waals surface area contributed by atoms with E-state index in [2.05, 4.69) is 26.3 Å². The number of hydrogen-bond donors (Lipinski definition) is 2. The molecule has 1 aliphatic rings. The fourth-order valence-electron chi connectivity index (χ4n) is 2.82. The molecule has 0 spiro atoms. The predicted octanol–water partition coefficient (Wildman–Crippen LogP) is 1.62. The number of nitrogens with one attached hydrogen (secondary N) is 2. The number of hydrogen-bond acceptors (Lipinski definition) is 4. The summed E-state index contributed by atoms with van der Waals surface area (Å²) in [4.78, 5) is 9.71. The molecule has 1 saturated heterocycles. The Balaban J connectivity index is 2.04. The Kier molecular flexibility index (Phi) is 3.10. The van der Waals surface area contributed by atoms with Gasteiger partial charge in [0.25, 0.3) is 0 Å². The fraction of sp³-hybridized carbons (Fsp3) is 0.429. The van der Waals surface area contributed by atoms with Crippen molar-refractivity contribution >= 4 is 16.7 Å². The molecule has 2 N–H and O–H groups in total. The summed E-state index contributed by atoms with van der Waals surface area (Å²) >= 11 is 0. The molecule has 0 saturated carbocycles. The lowest BCUT2D eigenvalue weighted by atomic mass is 10.0. The van der Waals surface area contributed by atoms with E-state index in [0.717, 1.165) is 29.8 Å². The third kappa shape index (κ3) is 2.04. The molecule has 0 aliphatic carbocycles. The van der Waals surface area contributed by atoms with E-state index in [1.807, 2.05) is 13.1 Å². The number of piperidine rings is 1. The number of likely N-dealkylation sites (N-methyl/N-ethyl adjacent to an activating group) is 1. The first-order valence-electron chi connectivity index (χ1n) is 6.62. The lowest BCUT2D eigenvalue weighted by molar-refractivity contribution is 0.450. The van der Waals surface area contributed by atoms with E-state index in [4.69, 9.17) is 0 Å². The smallest absolute Gasteiger partial charge is 0.140 e. The molecule has 1 fully saturated rings. The fourth-order valence-corrected chi connectivity index (χ4v) is 2.82. The van der Waals surface area contributed by atoms with Gasteiger partial charge in [-0.25, -0.2) is 4.98 Å². The second-order valence-electron chi connectivity index (χ2n) is 4.94. The Labute approximate surface area is 112 Å². The topological polar surface area (TPSA) is 67.7 Å². The summed E-state index contributed by atoms with van der Waals surface area (Å²) in [6, 6.07) is 4.77. The van der Waals surface area contributed by atoms with Gasteiger partial charge in [0.1, 0.15) is 11.7 Å². The first kappa shape index (κ1) is 12.0. The van der Waals surface area contributed by atoms with E-state index < -0.39 is 0 Å². The number of anilines is 1. The summed E-state index contributed by atoms with van der Waals surface area (Å²) in [7, 11) is 2.01. The predicted molar refractivity (Wildman–Crippen MR) is 75.1 cm³/mol. The molecule has 19 heavy (non-hydrogen) atoms. The van der Waals surface area contributed by atoms with Crippen molar-refractivity contribution in [3.63, 3.8) is 0 Å². The van der Waals surface area contributed by atoms with E-state index in [1.54, 1.807) is 12.4 Å². The number of H-pyrrole nitrogens is 1. The normalized spacial score (nSPS) is 19.6. The van der Waals surface area contributed by atoms with Gasteiger partial charge in [0, 0.05) is 31.5 Å². The van der Waals surface area contributed by atoms with Crippen LogP contribution in [0.4, 0.5) is 5.69 Å². The van der Waals surface area contributed by atoms with E-state index >= 15 is 0 Å². The highest BCUT2D eigenvalue weighted by Crippen LogP contribution is 2.29. The monoisotopic (exact) mass is 255 g/mol. The molecule has 5 heteroatoms. The molecule has 0 unspecified atom stereocenters. The van der Waals surface area contributed by atoms with Crippen molar-refractivity contribution in [2.75, 3.05) is 25.0 Å². The second kappa shape index (κ2) is 4.90. The Morgan fingerprint density at radius 2 is 2.47 bits per heavy atom. The van der Waals surface area contributed by atoms with Crippen LogP contribution in [0.25, 0.3) is 11.0 Å². The van der Waals surface area contributed by atoms with Gasteiger partial charge in [-0.2, -0.15) is 5.26 Å². The highest BCUT2D eigenvalue weighted by atomic mass is 15.2. The number of pyridine rings is 1. The number of aromatic nitrogens is 2. The van der Waals surface area contributed by atoms with Gasteiger partial charge in [-0.3, -0.25) is 0 Å². The number of nitriles is 1. The standard InChI is InChI=1S/C14H17N5/c1-16-11-3-2-6-19(9-11)12-4-5-17-14-13(12)10(7-15)8-18-14/h4-5,8,11,16H,2-3,6,9H2,1H3,(H,17,18)/t11-/m0/s1. The largest absolute Gasteiger partial charge is 0.369 e. The zero-order chi connectivity index (χ0) is 13.2. The number of fused-ring (bicyclic) bond motifs is 1. The van der Waals surface area contributed by atoms with Crippen LogP contribution in [0, 0.1) is 11.3 Å². The lowest BCUT2D eigenvalue weighted by Gasteiger charge is -2.34. The van der Waals surface area contributed by atoms with Crippen molar-refractivity contribution in [2.45, 2.75) is 18.9 Å². The van der Waals surface area contributed by atoms with Gasteiger partial charge in [0.15, 0.2) is 0 Å². The Morgan fingerprint density at radius 1 is 1.58 bits per heavy atom. The summed E-state index contributed by atoms with van der Waals surface area (Å²) < 4.78 is 0. The van der Waals surface area contributed by atoms with Crippen molar-refractivity contribution in [3.8, 4) is 6.07 Å². The van der Waals surface area contributed by atoms with Crippen molar-refractivity contribution < 1.29 is 0 Å². The van der Waals surface area contributed by atoms with Crippen LogP contribution in [0.1, 0.15) is 18.4 Å². The zero-order valence-electron chi connectivity index (χ0n) is 11.0. The number of nitrogens with zero attached hydrogens (tertiary/aromatic N) is 3. The van der Waals surface area contributed by atoms with Crippen LogP contribution >= 0.6 is 0 Å². The molecule has 98 valence electrons. The first-order chi connectivity index (χ1) is 9.33. The number of aromatic amines is 1. The van der Waals surface area contributed by atoms with Crippen molar-refractivity contribution in [3.05, 3.63) is 24.0 Å². The molecular weight excluding hydrogens is 238 g/mol. The van der Waals surface area contributed by atoms with E-state index in [1.165, 1.54) is 12.8 Å². The van der Waals surface area contributed by atoms with Gasteiger partial charge >= 0.3 is 0 Å². The van der Waals surface area contributed by atoms with Crippen LogP contribution in [0.3, 0.4) is 0 Å². The summed E-state index contributed by atoms with van der Waals surface area (Å²) in [6.45, 7) is 2.01. The Morgan fingerprint density at radius 3 is 3.26 bits per heavy atom. The van der Waals surface area contributed by atoms with Gasteiger partial charge < -0.3 is 15.2 Å². The summed E-state index contributed by atoms with van der Waals surface area (Å²) in [5.74, 6) is 0. The molecule has 2 aromatic rings. The van der Waals surface area contributed by atoms with Crippen LogP contribution in [0.15, 0.2) is 18.5 Å². The van der Waals surface area contributed by atoms with Crippen LogP contribution < -0.4 is 10.2 Å². The molecule has 0 aromatic carbocycles. The highest BCUT2D eigenvalue weighted by molar-refractivity contribution is 5.94. The average molecular weight is 255 g/mol. The maximum absolute atomic E-state index is 9.22. The molecule has 3 rings (SSSR count). The number of rotatable bonds is 2. The van der Waals surface area contributed by atoms with Crippen molar-refractivity contribution in [2.24, 2.45) is 0 Å². The third-order valence-corrected chi connectivity index (χ3v) is 3.84. The first-order valence-corrected chi connectivity index (χ1v) is 6.62. The zero-order valence-corrected chi connectivity index (χ0v) is 11.0. The van der Waals surface area contributed by atoms with Gasteiger partial charge in [-0.05, 0) is 26.0 Å². The van der Waals surface area contributed by atoms with Crippen LogP contribution in [0.2, 0.25) is 0 Å². The van der Waals surface area contributed by atoms with Gasteiger partial charge in [0.05, 0.1) is 16.6 Å². The SMILES string of the molecule is CN[C@H]1CCCN(c2ccnc3[nH]cc(C#N)c23)C1. The molecule has 0 radical (unpaired) electrons. The Hall–Kier alpha value is -2.06. The maximum Gasteiger partial charge on any atom is 0.140 e. The van der Waals surface area contributed by atoms with Gasteiger partial charge in [-0.15, -0.1) is 0 Å². The molecular formula is C14H17N5. The molecule has 1 atom stereocenters. The van der Waals surface area contributed by atoms with E-state index in [9.17, 15) is 5.26 Å². The van der Waals surface area contributed by atoms with Gasteiger partial charge in [-0.1, -0.05) is 0 Å². The molecule has 1 aliphatic heterocycles. The second-order valence-corrected chi connectivity index (χ2v) is 4.94. The maximum atomic E-state index is 9.22. The minimum absolute atomic E-state index is 0.515. The van der Waals surface area contributed by atoms with E-state index in [0.29, 0.717) is 11.6 Å².